The number of carbonyl (C=O) groups excluding carboxylic acids is 1. The fourth-order valence-corrected chi connectivity index (χ4v) is 6.35. The molecule has 0 heterocycles. The Hall–Kier alpha value is -2.55. The zero-order valence-electron chi connectivity index (χ0n) is 17.9. The molecule has 2 aromatic rings. The van der Waals surface area contributed by atoms with Crippen molar-refractivity contribution in [2.45, 2.75) is 58.5 Å². The Balaban J connectivity index is 1.36. The topological polar surface area (TPSA) is 46.5 Å². The van der Waals surface area contributed by atoms with Crippen molar-refractivity contribution in [3.8, 4) is 5.75 Å². The van der Waals surface area contributed by atoms with Crippen molar-refractivity contribution < 1.29 is 14.6 Å². The van der Waals surface area contributed by atoms with Crippen LogP contribution < -0.4 is 4.74 Å². The number of ether oxygens (including phenoxy) is 1. The number of hydrogen-bond acceptors (Lipinski definition) is 3. The van der Waals surface area contributed by atoms with Crippen molar-refractivity contribution in [3.63, 3.8) is 0 Å². The fraction of sp³-hybridized carbons (Fsp3) is 0.444. The van der Waals surface area contributed by atoms with Gasteiger partial charge in [0.2, 0.25) is 0 Å². The summed E-state index contributed by atoms with van der Waals surface area (Å²) in [5.41, 5.74) is 4.50. The van der Waals surface area contributed by atoms with Crippen LogP contribution in [0.5, 0.6) is 5.75 Å². The minimum Gasteiger partial charge on any atom is -0.511 e. The first-order valence-corrected chi connectivity index (χ1v) is 11.2. The van der Waals surface area contributed by atoms with Gasteiger partial charge in [0.05, 0.1) is 0 Å². The molecule has 0 amide bonds. The molecule has 3 heteroatoms. The summed E-state index contributed by atoms with van der Waals surface area (Å²) in [4.78, 5) is 12.1. The average molecular weight is 403 g/mol. The summed E-state index contributed by atoms with van der Waals surface area (Å²) in [7, 11) is 0. The molecular formula is C27H30O3. The molecule has 3 nitrogen and oxygen atoms in total. The van der Waals surface area contributed by atoms with Crippen molar-refractivity contribution in [2.75, 3.05) is 0 Å². The molecule has 4 atom stereocenters. The Morgan fingerprint density at radius 2 is 1.97 bits per heavy atom. The zero-order chi connectivity index (χ0) is 20.9. The Morgan fingerprint density at radius 3 is 2.73 bits per heavy atom. The summed E-state index contributed by atoms with van der Waals surface area (Å²) in [6.45, 7) is 4.36. The van der Waals surface area contributed by atoms with Gasteiger partial charge in [0, 0.05) is 11.0 Å². The maximum absolute atomic E-state index is 12.1. The third-order valence-electron chi connectivity index (χ3n) is 8.01. The summed E-state index contributed by atoms with van der Waals surface area (Å²) in [5, 5.41) is 10.8. The van der Waals surface area contributed by atoms with Crippen LogP contribution in [-0.2, 0) is 17.8 Å². The molecule has 0 radical (unpaired) electrons. The average Bonchev–Trinajstić information content (AvgIpc) is 3.04. The molecule has 30 heavy (non-hydrogen) atoms. The van der Waals surface area contributed by atoms with Crippen LogP contribution in [-0.4, -0.2) is 10.9 Å². The van der Waals surface area contributed by atoms with Gasteiger partial charge < -0.3 is 9.84 Å². The Labute approximate surface area is 178 Å². The van der Waals surface area contributed by atoms with E-state index in [9.17, 15) is 9.90 Å². The maximum Gasteiger partial charge on any atom is 0.159 e. The number of aryl methyl sites for hydroxylation is 1. The van der Waals surface area contributed by atoms with Crippen LogP contribution >= 0.6 is 0 Å². The van der Waals surface area contributed by atoms with Gasteiger partial charge in [0.1, 0.15) is 18.1 Å². The molecule has 3 unspecified atom stereocenters. The van der Waals surface area contributed by atoms with Crippen LogP contribution in [0.4, 0.5) is 0 Å². The number of Topliss-reactive ketones (excluding diaryl/α,β-unsaturated/α-hetero) is 1. The number of aliphatic hydroxyl groups is 1. The van der Waals surface area contributed by atoms with Gasteiger partial charge >= 0.3 is 0 Å². The molecule has 1 fully saturated rings. The highest BCUT2D eigenvalue weighted by Gasteiger charge is 2.54. The van der Waals surface area contributed by atoms with Crippen LogP contribution in [0.15, 0.2) is 59.9 Å². The number of hydrogen-bond donors (Lipinski definition) is 1. The highest BCUT2D eigenvalue weighted by Crippen LogP contribution is 2.62. The van der Waals surface area contributed by atoms with Gasteiger partial charge in [-0.05, 0) is 85.6 Å². The first-order chi connectivity index (χ1) is 14.5. The van der Waals surface area contributed by atoms with Gasteiger partial charge in [0.15, 0.2) is 5.78 Å². The number of rotatable bonds is 4. The second-order valence-corrected chi connectivity index (χ2v) is 9.59. The lowest BCUT2D eigenvalue weighted by molar-refractivity contribution is -0.113. The van der Waals surface area contributed by atoms with Gasteiger partial charge in [0.25, 0.3) is 0 Å². The molecule has 0 spiro atoms. The first kappa shape index (κ1) is 19.4. The van der Waals surface area contributed by atoms with Gasteiger partial charge in [-0.3, -0.25) is 4.79 Å². The van der Waals surface area contributed by atoms with E-state index in [-0.39, 0.29) is 11.2 Å². The van der Waals surface area contributed by atoms with Gasteiger partial charge in [-0.25, -0.2) is 0 Å². The first-order valence-electron chi connectivity index (χ1n) is 11.2. The molecular weight excluding hydrogens is 372 g/mol. The second-order valence-electron chi connectivity index (χ2n) is 9.59. The minimum atomic E-state index is -0.224. The molecule has 1 N–H and O–H groups in total. The van der Waals surface area contributed by atoms with E-state index in [1.54, 1.807) is 6.92 Å². The molecule has 3 aliphatic rings. The minimum absolute atomic E-state index is 0.0380. The monoisotopic (exact) mass is 402 g/mol. The van der Waals surface area contributed by atoms with E-state index in [1.807, 2.05) is 18.2 Å². The summed E-state index contributed by atoms with van der Waals surface area (Å²) >= 11 is 0. The van der Waals surface area contributed by atoms with E-state index in [4.69, 9.17) is 4.74 Å². The lowest BCUT2D eigenvalue weighted by Gasteiger charge is -2.49. The molecule has 0 aromatic heterocycles. The highest BCUT2D eigenvalue weighted by molar-refractivity contribution is 5.94. The van der Waals surface area contributed by atoms with Crippen molar-refractivity contribution in [2.24, 2.45) is 17.3 Å². The van der Waals surface area contributed by atoms with E-state index < -0.39 is 0 Å². The Kier molecular flexibility index (Phi) is 4.72. The lowest BCUT2D eigenvalue weighted by Crippen LogP contribution is -2.41. The number of carbonyl (C=O) groups is 1. The molecule has 1 saturated carbocycles. The number of aliphatic hydroxyl groups excluding tert-OH is 1. The largest absolute Gasteiger partial charge is 0.511 e. The fourth-order valence-electron chi connectivity index (χ4n) is 6.35. The van der Waals surface area contributed by atoms with E-state index in [0.29, 0.717) is 35.7 Å². The third kappa shape index (κ3) is 3.07. The van der Waals surface area contributed by atoms with Crippen molar-refractivity contribution in [1.29, 1.82) is 0 Å². The van der Waals surface area contributed by atoms with Crippen LogP contribution in [0.1, 0.15) is 62.1 Å². The van der Waals surface area contributed by atoms with Crippen LogP contribution in [0.3, 0.4) is 0 Å². The molecule has 3 aliphatic carbocycles. The zero-order valence-corrected chi connectivity index (χ0v) is 17.9. The van der Waals surface area contributed by atoms with E-state index in [2.05, 4.69) is 37.3 Å². The molecule has 2 aromatic carbocycles. The lowest BCUT2D eigenvalue weighted by atomic mass is 9.55. The Morgan fingerprint density at radius 1 is 1.17 bits per heavy atom. The number of benzene rings is 2. The van der Waals surface area contributed by atoms with Crippen molar-refractivity contribution in [3.05, 3.63) is 76.6 Å². The Bertz CT molecular complexity index is 1010. The van der Waals surface area contributed by atoms with Crippen LogP contribution in [0.25, 0.3) is 0 Å². The standard InChI is InChI=1S/C27H30O3/c1-17(28)24-15-25-23-10-8-19-14-20(30-16-18-6-4-3-5-7-18)9-11-21(19)22(23)12-13-27(25,2)26(24)29/h3-7,9,11,14,22-23,25,29H,8,10,12-13,15-16H2,1-2H3/t22?,23?,25?,27-/m0/s1. The van der Waals surface area contributed by atoms with E-state index in [0.717, 1.165) is 37.9 Å². The molecule has 0 bridgehead atoms. The van der Waals surface area contributed by atoms with E-state index >= 15 is 0 Å². The maximum atomic E-state index is 12.1. The summed E-state index contributed by atoms with van der Waals surface area (Å²) in [6.07, 6.45) is 4.93. The summed E-state index contributed by atoms with van der Waals surface area (Å²) < 4.78 is 6.06. The van der Waals surface area contributed by atoms with Crippen molar-refractivity contribution in [1.82, 2.24) is 0 Å². The number of fused-ring (bicyclic) bond motifs is 5. The van der Waals surface area contributed by atoms with Gasteiger partial charge in [-0.2, -0.15) is 0 Å². The third-order valence-corrected chi connectivity index (χ3v) is 8.01. The predicted molar refractivity (Wildman–Crippen MR) is 118 cm³/mol. The number of ketones is 1. The normalized spacial score (nSPS) is 29.7. The summed E-state index contributed by atoms with van der Waals surface area (Å²) in [6, 6.07) is 16.9. The predicted octanol–water partition coefficient (Wildman–Crippen LogP) is 6.13. The highest BCUT2D eigenvalue weighted by atomic mass is 16.5. The van der Waals surface area contributed by atoms with Crippen molar-refractivity contribution >= 4 is 5.78 Å². The molecule has 0 saturated heterocycles. The van der Waals surface area contributed by atoms with Gasteiger partial charge in [-0.15, -0.1) is 0 Å². The van der Waals surface area contributed by atoms with Gasteiger partial charge in [-0.1, -0.05) is 43.3 Å². The van der Waals surface area contributed by atoms with E-state index in [1.165, 1.54) is 16.7 Å². The summed E-state index contributed by atoms with van der Waals surface area (Å²) in [5.74, 6) is 2.79. The van der Waals surface area contributed by atoms with Crippen LogP contribution in [0.2, 0.25) is 0 Å². The SMILES string of the molecule is CC(=O)C1=C(O)[C@@]2(C)CCC3c4ccc(OCc5ccccc5)cc4CCC3C2C1. The quantitative estimate of drug-likeness (QED) is 0.669. The molecule has 0 aliphatic heterocycles. The second kappa shape index (κ2) is 7.30. The number of allylic oxidation sites excluding steroid dienone is 2. The molecule has 5 rings (SSSR count). The smallest absolute Gasteiger partial charge is 0.159 e. The molecule has 156 valence electrons. The van der Waals surface area contributed by atoms with Crippen LogP contribution in [0, 0.1) is 17.3 Å².